The van der Waals surface area contributed by atoms with E-state index in [-0.39, 0.29) is 32.5 Å². The molecule has 2 aromatic rings. The molecular weight excluding hydrogens is 468 g/mol. The van der Waals surface area contributed by atoms with Crippen molar-refractivity contribution >= 4 is 0 Å². The summed E-state index contributed by atoms with van der Waals surface area (Å²) in [6.45, 7) is 45.6. The highest BCUT2D eigenvalue weighted by Crippen LogP contribution is 2.47. The van der Waals surface area contributed by atoms with E-state index >= 15 is 0 Å². The molecule has 0 bridgehead atoms. The quantitative estimate of drug-likeness (QED) is 0.369. The minimum Gasteiger partial charge on any atom is -0.0584 e. The molecule has 0 amide bonds. The van der Waals surface area contributed by atoms with Crippen molar-refractivity contribution in [3.63, 3.8) is 0 Å². The summed E-state index contributed by atoms with van der Waals surface area (Å²) in [6, 6.07) is 9.83. The molecule has 0 N–H and O–H groups in total. The average Bonchev–Trinajstić information content (AvgIpc) is 2.67. The van der Waals surface area contributed by atoms with Gasteiger partial charge in [0.2, 0.25) is 0 Å². The fourth-order valence-corrected chi connectivity index (χ4v) is 6.73. The van der Waals surface area contributed by atoms with Crippen LogP contribution in [0.3, 0.4) is 0 Å². The van der Waals surface area contributed by atoms with Crippen molar-refractivity contribution in [2.45, 2.75) is 176 Å². The van der Waals surface area contributed by atoms with Crippen LogP contribution in [-0.4, -0.2) is 0 Å². The van der Waals surface area contributed by atoms with Crippen molar-refractivity contribution in [1.29, 1.82) is 0 Å². The van der Waals surface area contributed by atoms with Crippen LogP contribution in [-0.2, 0) is 38.9 Å². The maximum atomic E-state index is 2.49. The zero-order valence-corrected chi connectivity index (χ0v) is 29.6. The molecule has 0 fully saturated rings. The Balaban J connectivity index is 3.00. The van der Waals surface area contributed by atoms with Gasteiger partial charge >= 0.3 is 0 Å². The number of benzene rings is 2. The standard InChI is InChI=1S/C39H64/c1-25(30-27(34(2,3)4)22-23-28(35(5,6)7)32(30)38(14,15)16)24-26-20-21-29(36(8,9)10)33(39(17,18)19)31(26)37(11,12)13/h20-23,25H,24H2,1-19H3. The largest absolute Gasteiger partial charge is 0.0584 e. The van der Waals surface area contributed by atoms with Gasteiger partial charge in [-0.25, -0.2) is 0 Å². The third kappa shape index (κ3) is 7.40. The molecule has 220 valence electrons. The van der Waals surface area contributed by atoms with Crippen molar-refractivity contribution in [3.8, 4) is 0 Å². The molecule has 39 heavy (non-hydrogen) atoms. The van der Waals surface area contributed by atoms with E-state index in [1.54, 1.807) is 22.3 Å². The molecule has 1 unspecified atom stereocenters. The molecule has 0 saturated heterocycles. The van der Waals surface area contributed by atoms with Gasteiger partial charge in [-0.3, -0.25) is 0 Å². The highest BCUT2D eigenvalue weighted by Gasteiger charge is 2.36. The summed E-state index contributed by atoms with van der Waals surface area (Å²) >= 11 is 0. The van der Waals surface area contributed by atoms with Gasteiger partial charge in [0.25, 0.3) is 0 Å². The molecule has 0 heterocycles. The molecule has 0 aliphatic carbocycles. The van der Waals surface area contributed by atoms with Crippen LogP contribution in [0, 0.1) is 0 Å². The molecular formula is C39H64. The van der Waals surface area contributed by atoms with Gasteiger partial charge in [-0.15, -0.1) is 0 Å². The lowest BCUT2D eigenvalue weighted by Gasteiger charge is -2.40. The first-order valence-electron chi connectivity index (χ1n) is 15.4. The van der Waals surface area contributed by atoms with Crippen molar-refractivity contribution in [2.24, 2.45) is 0 Å². The van der Waals surface area contributed by atoms with Gasteiger partial charge in [-0.1, -0.05) is 156 Å². The van der Waals surface area contributed by atoms with E-state index in [0.717, 1.165) is 6.42 Å². The fraction of sp³-hybridized carbons (Fsp3) is 0.692. The van der Waals surface area contributed by atoms with E-state index < -0.39 is 0 Å². The van der Waals surface area contributed by atoms with Crippen LogP contribution in [0.5, 0.6) is 0 Å². The minimum absolute atomic E-state index is 0.0614. The van der Waals surface area contributed by atoms with Gasteiger partial charge in [-0.05, 0) is 89.3 Å². The maximum absolute atomic E-state index is 2.49. The molecule has 1 atom stereocenters. The molecule has 2 rings (SSSR count). The first-order valence-corrected chi connectivity index (χ1v) is 15.4. The summed E-state index contributed by atoms with van der Waals surface area (Å²) in [4.78, 5) is 0. The van der Waals surface area contributed by atoms with Gasteiger partial charge in [0.05, 0.1) is 0 Å². The van der Waals surface area contributed by atoms with Gasteiger partial charge < -0.3 is 0 Å². The summed E-state index contributed by atoms with van der Waals surface area (Å²) in [5, 5.41) is 0. The highest BCUT2D eigenvalue weighted by atomic mass is 14.4. The molecule has 0 aliphatic heterocycles. The van der Waals surface area contributed by atoms with E-state index in [1.807, 2.05) is 0 Å². The van der Waals surface area contributed by atoms with E-state index in [4.69, 9.17) is 0 Å². The van der Waals surface area contributed by atoms with Crippen molar-refractivity contribution in [2.75, 3.05) is 0 Å². The van der Waals surface area contributed by atoms with Crippen molar-refractivity contribution < 1.29 is 0 Å². The van der Waals surface area contributed by atoms with E-state index in [2.05, 4.69) is 156 Å². The van der Waals surface area contributed by atoms with Gasteiger partial charge in [0, 0.05) is 0 Å². The van der Waals surface area contributed by atoms with Crippen LogP contribution in [0.15, 0.2) is 24.3 Å². The second-order valence-corrected chi connectivity index (χ2v) is 18.6. The predicted octanol–water partition coefficient (Wildman–Crippen LogP) is 11.8. The molecule has 0 heteroatoms. The number of hydrogen-bond donors (Lipinski definition) is 0. The lowest BCUT2D eigenvalue weighted by Crippen LogP contribution is -2.30. The zero-order chi connectivity index (χ0) is 30.7. The van der Waals surface area contributed by atoms with Gasteiger partial charge in [0.1, 0.15) is 0 Å². The summed E-state index contributed by atoms with van der Waals surface area (Å²) in [5.74, 6) is 0.408. The zero-order valence-electron chi connectivity index (χ0n) is 29.6. The summed E-state index contributed by atoms with van der Waals surface area (Å²) in [6.07, 6.45) is 1.06. The van der Waals surface area contributed by atoms with Gasteiger partial charge in [-0.2, -0.15) is 0 Å². The fourth-order valence-electron chi connectivity index (χ4n) is 6.73. The Hall–Kier alpha value is -1.56. The van der Waals surface area contributed by atoms with E-state index in [9.17, 15) is 0 Å². The molecule has 2 aromatic carbocycles. The normalized spacial score (nSPS) is 15.1. The van der Waals surface area contributed by atoms with Crippen LogP contribution in [0.2, 0.25) is 0 Å². The highest BCUT2D eigenvalue weighted by molar-refractivity contribution is 5.54. The van der Waals surface area contributed by atoms with Crippen molar-refractivity contribution in [3.05, 3.63) is 68.8 Å². The lowest BCUT2D eigenvalue weighted by molar-refractivity contribution is 0.489. The Morgan fingerprint density at radius 3 is 1.10 bits per heavy atom. The van der Waals surface area contributed by atoms with Crippen molar-refractivity contribution in [1.82, 2.24) is 0 Å². The van der Waals surface area contributed by atoms with Gasteiger partial charge in [0.15, 0.2) is 0 Å². The molecule has 0 nitrogen and oxygen atoms in total. The van der Waals surface area contributed by atoms with Crippen LogP contribution in [0.25, 0.3) is 0 Å². The molecule has 0 aliphatic rings. The summed E-state index contributed by atoms with van der Waals surface area (Å²) in [5.41, 5.74) is 12.8. The maximum Gasteiger partial charge on any atom is -0.0126 e. The Bertz CT molecular complexity index is 1160. The van der Waals surface area contributed by atoms with Crippen LogP contribution < -0.4 is 0 Å². The number of hydrogen-bond acceptors (Lipinski definition) is 0. The summed E-state index contributed by atoms with van der Waals surface area (Å²) < 4.78 is 0. The van der Waals surface area contributed by atoms with E-state index in [0.29, 0.717) is 5.92 Å². The van der Waals surface area contributed by atoms with Crippen LogP contribution in [0.1, 0.15) is 182 Å². The SMILES string of the molecule is CC(Cc1ccc(C(C)(C)C)c(C(C)(C)C)c1C(C)(C)C)c1c(C(C)(C)C)ccc(C(C)(C)C)c1C(C)(C)C. The monoisotopic (exact) mass is 533 g/mol. The Labute approximate surface area is 244 Å². The minimum atomic E-state index is 0.0614. The second kappa shape index (κ2) is 10.4. The lowest BCUT2D eigenvalue weighted by atomic mass is 9.65. The van der Waals surface area contributed by atoms with Crippen LogP contribution in [0.4, 0.5) is 0 Å². The first-order chi connectivity index (χ1) is 17.1. The Kier molecular flexibility index (Phi) is 8.94. The first kappa shape index (κ1) is 33.6. The average molecular weight is 533 g/mol. The predicted molar refractivity (Wildman–Crippen MR) is 177 cm³/mol. The Morgan fingerprint density at radius 2 is 0.744 bits per heavy atom. The Morgan fingerprint density at radius 1 is 0.410 bits per heavy atom. The third-order valence-electron chi connectivity index (χ3n) is 8.23. The molecule has 0 saturated carbocycles. The third-order valence-corrected chi connectivity index (χ3v) is 8.23. The molecule has 0 aromatic heterocycles. The summed E-state index contributed by atoms with van der Waals surface area (Å²) in [7, 11) is 0. The molecule has 0 spiro atoms. The second-order valence-electron chi connectivity index (χ2n) is 18.6. The van der Waals surface area contributed by atoms with E-state index in [1.165, 1.54) is 22.3 Å². The smallest absolute Gasteiger partial charge is 0.0126 e. The molecule has 0 radical (unpaired) electrons. The number of rotatable bonds is 3. The topological polar surface area (TPSA) is 0 Å². The van der Waals surface area contributed by atoms with Crippen LogP contribution >= 0.6 is 0 Å².